The highest BCUT2D eigenvalue weighted by Gasteiger charge is 2.06. The van der Waals surface area contributed by atoms with Crippen LogP contribution in [-0.2, 0) is 13.2 Å². The summed E-state index contributed by atoms with van der Waals surface area (Å²) in [6, 6.07) is 8.58. The molecule has 1 atom stereocenters. The molecule has 0 saturated heterocycles. The Morgan fingerprint density at radius 1 is 1.24 bits per heavy atom. The van der Waals surface area contributed by atoms with Crippen molar-refractivity contribution in [3.63, 3.8) is 0 Å². The molecule has 0 spiro atoms. The lowest BCUT2D eigenvalue weighted by molar-refractivity contribution is 0.287. The summed E-state index contributed by atoms with van der Waals surface area (Å²) in [4.78, 5) is 4.20. The molecular formula is C16H24N4O. The first kappa shape index (κ1) is 15.5. The van der Waals surface area contributed by atoms with Crippen molar-refractivity contribution in [2.45, 2.75) is 46.4 Å². The highest BCUT2D eigenvalue weighted by molar-refractivity contribution is 5.29. The maximum atomic E-state index is 5.77. The molecule has 21 heavy (non-hydrogen) atoms. The van der Waals surface area contributed by atoms with Crippen LogP contribution in [0.5, 0.6) is 5.75 Å². The summed E-state index contributed by atoms with van der Waals surface area (Å²) in [7, 11) is 0. The number of benzene rings is 1. The molecule has 0 radical (unpaired) electrons. The summed E-state index contributed by atoms with van der Waals surface area (Å²) >= 11 is 0. The van der Waals surface area contributed by atoms with Crippen LogP contribution in [-0.4, -0.2) is 21.3 Å². The van der Waals surface area contributed by atoms with E-state index in [9.17, 15) is 0 Å². The molecule has 0 aliphatic heterocycles. The summed E-state index contributed by atoms with van der Waals surface area (Å²) in [6.45, 7) is 8.67. The Balaban J connectivity index is 1.90. The molecule has 0 bridgehead atoms. The number of nitrogens with one attached hydrogen (secondary N) is 1. The average Bonchev–Trinajstić information content (AvgIpc) is 2.98. The van der Waals surface area contributed by atoms with Gasteiger partial charge in [0.2, 0.25) is 0 Å². The van der Waals surface area contributed by atoms with Crippen molar-refractivity contribution in [2.75, 3.05) is 6.54 Å². The van der Waals surface area contributed by atoms with Gasteiger partial charge in [-0.3, -0.25) is 0 Å². The van der Waals surface area contributed by atoms with E-state index < -0.39 is 0 Å². The fourth-order valence-corrected chi connectivity index (χ4v) is 2.14. The molecule has 5 nitrogen and oxygen atoms in total. The van der Waals surface area contributed by atoms with E-state index in [-0.39, 0.29) is 0 Å². The SMILES string of the molecule is CCCNC(C)c1ccc(OCc2ncnn2CC)cc1. The van der Waals surface area contributed by atoms with Crippen molar-refractivity contribution < 1.29 is 4.74 Å². The molecule has 5 heteroatoms. The van der Waals surface area contributed by atoms with E-state index in [1.54, 1.807) is 6.33 Å². The molecule has 1 unspecified atom stereocenters. The van der Waals surface area contributed by atoms with Gasteiger partial charge in [-0.2, -0.15) is 5.10 Å². The second kappa shape index (κ2) is 7.78. The predicted molar refractivity (Wildman–Crippen MR) is 83.2 cm³/mol. The van der Waals surface area contributed by atoms with Crippen LogP contribution in [0.15, 0.2) is 30.6 Å². The topological polar surface area (TPSA) is 52.0 Å². The van der Waals surface area contributed by atoms with Crippen molar-refractivity contribution in [1.82, 2.24) is 20.1 Å². The largest absolute Gasteiger partial charge is 0.486 e. The lowest BCUT2D eigenvalue weighted by Gasteiger charge is -2.14. The number of hydrogen-bond donors (Lipinski definition) is 1. The Hall–Kier alpha value is -1.88. The standard InChI is InChI=1S/C16H24N4O/c1-4-10-17-13(3)14-6-8-15(9-7-14)21-11-16-18-12-19-20(16)5-2/h6-9,12-13,17H,4-5,10-11H2,1-3H3. The van der Waals surface area contributed by atoms with Crippen LogP contribution >= 0.6 is 0 Å². The van der Waals surface area contributed by atoms with Crippen molar-refractivity contribution in [3.05, 3.63) is 42.0 Å². The molecule has 0 saturated carbocycles. The van der Waals surface area contributed by atoms with Crippen molar-refractivity contribution in [1.29, 1.82) is 0 Å². The highest BCUT2D eigenvalue weighted by Crippen LogP contribution is 2.18. The first-order valence-corrected chi connectivity index (χ1v) is 7.57. The second-order valence-corrected chi connectivity index (χ2v) is 5.03. The van der Waals surface area contributed by atoms with Gasteiger partial charge in [-0.05, 0) is 44.5 Å². The zero-order valence-electron chi connectivity index (χ0n) is 13.0. The first-order chi connectivity index (χ1) is 10.2. The maximum Gasteiger partial charge on any atom is 0.164 e. The zero-order chi connectivity index (χ0) is 15.1. The third kappa shape index (κ3) is 4.29. The summed E-state index contributed by atoms with van der Waals surface area (Å²) in [5, 5.41) is 7.61. The van der Waals surface area contributed by atoms with Crippen molar-refractivity contribution in [3.8, 4) is 5.75 Å². The van der Waals surface area contributed by atoms with Gasteiger partial charge in [0.05, 0.1) is 0 Å². The van der Waals surface area contributed by atoms with Crippen molar-refractivity contribution in [2.24, 2.45) is 0 Å². The maximum absolute atomic E-state index is 5.77. The molecule has 0 aliphatic rings. The fraction of sp³-hybridized carbons (Fsp3) is 0.500. The van der Waals surface area contributed by atoms with Gasteiger partial charge < -0.3 is 10.1 Å². The molecular weight excluding hydrogens is 264 g/mol. The lowest BCUT2D eigenvalue weighted by Crippen LogP contribution is -2.19. The summed E-state index contributed by atoms with van der Waals surface area (Å²) in [5.41, 5.74) is 1.27. The Morgan fingerprint density at radius 2 is 2.00 bits per heavy atom. The molecule has 1 heterocycles. The molecule has 1 N–H and O–H groups in total. The quantitative estimate of drug-likeness (QED) is 0.811. The van der Waals surface area contributed by atoms with Crippen LogP contribution in [0.4, 0.5) is 0 Å². The van der Waals surface area contributed by atoms with Gasteiger partial charge in [-0.15, -0.1) is 0 Å². The summed E-state index contributed by atoms with van der Waals surface area (Å²) in [5.74, 6) is 1.70. The Kier molecular flexibility index (Phi) is 5.75. The van der Waals surface area contributed by atoms with Gasteiger partial charge in [-0.1, -0.05) is 19.1 Å². The van der Waals surface area contributed by atoms with E-state index in [0.29, 0.717) is 12.6 Å². The highest BCUT2D eigenvalue weighted by atomic mass is 16.5. The van der Waals surface area contributed by atoms with Crippen LogP contribution in [0.2, 0.25) is 0 Å². The third-order valence-electron chi connectivity index (χ3n) is 3.44. The Labute approximate surface area is 126 Å². The second-order valence-electron chi connectivity index (χ2n) is 5.03. The minimum atomic E-state index is 0.363. The number of rotatable bonds is 8. The molecule has 2 aromatic rings. The van der Waals surface area contributed by atoms with Crippen LogP contribution in [0, 0.1) is 0 Å². The number of nitrogens with zero attached hydrogens (tertiary/aromatic N) is 3. The molecule has 1 aromatic heterocycles. The summed E-state index contributed by atoms with van der Waals surface area (Å²) in [6.07, 6.45) is 2.70. The van der Waals surface area contributed by atoms with Gasteiger partial charge in [0.25, 0.3) is 0 Å². The Bertz CT molecular complexity index is 535. The van der Waals surface area contributed by atoms with E-state index >= 15 is 0 Å². The molecule has 114 valence electrons. The molecule has 1 aromatic carbocycles. The molecule has 0 amide bonds. The van der Waals surface area contributed by atoms with E-state index in [4.69, 9.17) is 4.74 Å². The minimum Gasteiger partial charge on any atom is -0.486 e. The third-order valence-corrected chi connectivity index (χ3v) is 3.44. The zero-order valence-corrected chi connectivity index (χ0v) is 13.0. The monoisotopic (exact) mass is 288 g/mol. The predicted octanol–water partition coefficient (Wildman–Crippen LogP) is 2.94. The lowest BCUT2D eigenvalue weighted by atomic mass is 10.1. The average molecular weight is 288 g/mol. The number of hydrogen-bond acceptors (Lipinski definition) is 4. The van der Waals surface area contributed by atoms with Gasteiger partial charge >= 0.3 is 0 Å². The van der Waals surface area contributed by atoms with E-state index in [0.717, 1.165) is 31.1 Å². The number of aromatic nitrogens is 3. The fourth-order valence-electron chi connectivity index (χ4n) is 2.14. The van der Waals surface area contributed by atoms with Gasteiger partial charge in [0.1, 0.15) is 18.7 Å². The van der Waals surface area contributed by atoms with E-state index in [2.05, 4.69) is 41.4 Å². The number of ether oxygens (including phenoxy) is 1. The molecule has 0 fully saturated rings. The minimum absolute atomic E-state index is 0.363. The normalized spacial score (nSPS) is 12.3. The van der Waals surface area contributed by atoms with Crippen LogP contribution < -0.4 is 10.1 Å². The smallest absolute Gasteiger partial charge is 0.164 e. The van der Waals surface area contributed by atoms with Gasteiger partial charge in [-0.25, -0.2) is 9.67 Å². The van der Waals surface area contributed by atoms with Crippen LogP contribution in [0.3, 0.4) is 0 Å². The van der Waals surface area contributed by atoms with Crippen LogP contribution in [0.1, 0.15) is 44.6 Å². The van der Waals surface area contributed by atoms with Crippen molar-refractivity contribution >= 4 is 0 Å². The van der Waals surface area contributed by atoms with E-state index in [1.165, 1.54) is 5.56 Å². The number of aryl methyl sites for hydroxylation is 1. The first-order valence-electron chi connectivity index (χ1n) is 7.57. The van der Waals surface area contributed by atoms with Gasteiger partial charge in [0, 0.05) is 12.6 Å². The van der Waals surface area contributed by atoms with Crippen LogP contribution in [0.25, 0.3) is 0 Å². The molecule has 0 aliphatic carbocycles. The van der Waals surface area contributed by atoms with E-state index in [1.807, 2.05) is 23.7 Å². The Morgan fingerprint density at radius 3 is 2.67 bits per heavy atom. The van der Waals surface area contributed by atoms with Gasteiger partial charge in [0.15, 0.2) is 5.82 Å². The summed E-state index contributed by atoms with van der Waals surface area (Å²) < 4.78 is 7.60. The molecule has 2 rings (SSSR count).